The van der Waals surface area contributed by atoms with E-state index in [4.69, 9.17) is 12.2 Å². The molecule has 1 aliphatic rings. The van der Waals surface area contributed by atoms with Gasteiger partial charge in [0.25, 0.3) is 5.91 Å². The van der Waals surface area contributed by atoms with Gasteiger partial charge < -0.3 is 0 Å². The van der Waals surface area contributed by atoms with E-state index in [0.29, 0.717) is 14.9 Å². The molecular formula is C20H12FNOS2. The number of rotatable bonds is 2. The summed E-state index contributed by atoms with van der Waals surface area (Å²) in [6, 6.07) is 19.9. The largest absolute Gasteiger partial charge is 0.270 e. The number of halogens is 1. The normalized spacial score (nSPS) is 16.2. The molecule has 0 radical (unpaired) electrons. The van der Waals surface area contributed by atoms with Crippen molar-refractivity contribution in [2.45, 2.75) is 0 Å². The van der Waals surface area contributed by atoms with Gasteiger partial charge in [0.2, 0.25) is 0 Å². The number of hydrogen-bond donors (Lipinski definition) is 0. The van der Waals surface area contributed by atoms with Crippen LogP contribution >= 0.6 is 24.0 Å². The van der Waals surface area contributed by atoms with Gasteiger partial charge in [-0.15, -0.1) is 0 Å². The molecule has 0 atom stereocenters. The summed E-state index contributed by atoms with van der Waals surface area (Å²) in [5, 5.41) is 2.18. The third-order valence-corrected chi connectivity index (χ3v) is 5.27. The Balaban J connectivity index is 1.75. The second kappa shape index (κ2) is 6.43. The lowest BCUT2D eigenvalue weighted by Gasteiger charge is -2.14. The van der Waals surface area contributed by atoms with Gasteiger partial charge in [0.1, 0.15) is 5.82 Å². The number of carbonyl (C=O) groups excluding carboxylic acids is 1. The number of carbonyl (C=O) groups is 1. The van der Waals surface area contributed by atoms with Crippen LogP contribution in [0.3, 0.4) is 0 Å². The van der Waals surface area contributed by atoms with Crippen LogP contribution in [-0.2, 0) is 4.79 Å². The highest BCUT2D eigenvalue weighted by Gasteiger charge is 2.33. The number of benzene rings is 3. The zero-order chi connectivity index (χ0) is 17.4. The summed E-state index contributed by atoms with van der Waals surface area (Å²) in [5.41, 5.74) is 1.40. The molecule has 0 aliphatic carbocycles. The van der Waals surface area contributed by atoms with Crippen LogP contribution in [0.15, 0.2) is 71.6 Å². The third-order valence-electron chi connectivity index (χ3n) is 3.97. The van der Waals surface area contributed by atoms with Gasteiger partial charge in [0.15, 0.2) is 4.32 Å². The SMILES string of the molecule is O=C1C(=Cc2cccc3ccccc23)SC(=S)N1c1cccc(F)c1. The fourth-order valence-corrected chi connectivity index (χ4v) is 4.11. The first-order valence-electron chi connectivity index (χ1n) is 7.65. The highest BCUT2D eigenvalue weighted by molar-refractivity contribution is 8.27. The Hall–Kier alpha value is -2.50. The molecule has 4 rings (SSSR count). The lowest BCUT2D eigenvalue weighted by molar-refractivity contribution is -0.113. The quantitative estimate of drug-likeness (QED) is 0.449. The van der Waals surface area contributed by atoms with Crippen molar-refractivity contribution in [3.8, 4) is 0 Å². The Morgan fingerprint density at radius 1 is 1.00 bits per heavy atom. The number of nitrogens with zero attached hydrogens (tertiary/aromatic N) is 1. The van der Waals surface area contributed by atoms with E-state index in [1.54, 1.807) is 12.1 Å². The Morgan fingerprint density at radius 2 is 1.76 bits per heavy atom. The van der Waals surface area contributed by atoms with Crippen LogP contribution in [0.2, 0.25) is 0 Å². The van der Waals surface area contributed by atoms with E-state index >= 15 is 0 Å². The maximum atomic E-state index is 13.5. The number of fused-ring (bicyclic) bond motifs is 1. The molecule has 1 heterocycles. The first-order chi connectivity index (χ1) is 12.1. The summed E-state index contributed by atoms with van der Waals surface area (Å²) in [5.74, 6) is -0.627. The highest BCUT2D eigenvalue weighted by atomic mass is 32.2. The minimum atomic E-state index is -0.399. The van der Waals surface area contributed by atoms with E-state index in [9.17, 15) is 9.18 Å². The predicted molar refractivity (Wildman–Crippen MR) is 106 cm³/mol. The fraction of sp³-hybridized carbons (Fsp3) is 0. The second-order valence-electron chi connectivity index (χ2n) is 5.57. The molecule has 0 bridgehead atoms. The lowest BCUT2D eigenvalue weighted by atomic mass is 10.0. The molecule has 0 saturated carbocycles. The third kappa shape index (κ3) is 2.97. The Bertz CT molecular complexity index is 1040. The maximum absolute atomic E-state index is 13.5. The molecule has 2 nitrogen and oxygen atoms in total. The average molecular weight is 365 g/mol. The van der Waals surface area contributed by atoms with Crippen molar-refractivity contribution < 1.29 is 9.18 Å². The van der Waals surface area contributed by atoms with E-state index in [2.05, 4.69) is 0 Å². The van der Waals surface area contributed by atoms with Gasteiger partial charge in [0, 0.05) is 0 Å². The zero-order valence-corrected chi connectivity index (χ0v) is 14.6. The summed E-state index contributed by atoms with van der Waals surface area (Å²) in [6.07, 6.45) is 1.85. The van der Waals surface area contributed by atoms with Crippen molar-refractivity contribution in [2.24, 2.45) is 0 Å². The second-order valence-corrected chi connectivity index (χ2v) is 7.24. The van der Waals surface area contributed by atoms with Crippen LogP contribution < -0.4 is 4.90 Å². The molecule has 0 N–H and O–H groups in total. The topological polar surface area (TPSA) is 20.3 Å². The van der Waals surface area contributed by atoms with Crippen LogP contribution in [0.1, 0.15) is 5.56 Å². The molecule has 122 valence electrons. The Kier molecular flexibility index (Phi) is 4.11. The maximum Gasteiger partial charge on any atom is 0.270 e. The van der Waals surface area contributed by atoms with Crippen molar-refractivity contribution in [3.63, 3.8) is 0 Å². The molecular weight excluding hydrogens is 353 g/mol. The minimum Gasteiger partial charge on any atom is -0.268 e. The summed E-state index contributed by atoms with van der Waals surface area (Å²) in [6.45, 7) is 0. The number of thiocarbonyl (C=S) groups is 1. The van der Waals surface area contributed by atoms with Gasteiger partial charge in [-0.1, -0.05) is 72.5 Å². The Morgan fingerprint density at radius 3 is 2.60 bits per heavy atom. The molecule has 3 aromatic rings. The van der Waals surface area contributed by atoms with Gasteiger partial charge in [-0.3, -0.25) is 9.69 Å². The number of thioether (sulfide) groups is 1. The Labute approximate surface area is 154 Å². The molecule has 1 aliphatic heterocycles. The summed E-state index contributed by atoms with van der Waals surface area (Å²) < 4.78 is 13.9. The summed E-state index contributed by atoms with van der Waals surface area (Å²) in [4.78, 5) is 14.7. The first kappa shape index (κ1) is 16.0. The van der Waals surface area contributed by atoms with Gasteiger partial charge in [-0.05, 0) is 40.6 Å². The molecule has 1 fully saturated rings. The molecule has 1 amide bonds. The van der Waals surface area contributed by atoms with E-state index in [1.165, 1.54) is 28.8 Å². The van der Waals surface area contributed by atoms with Crippen molar-refractivity contribution in [3.05, 3.63) is 83.0 Å². The van der Waals surface area contributed by atoms with Crippen molar-refractivity contribution in [1.29, 1.82) is 0 Å². The van der Waals surface area contributed by atoms with E-state index < -0.39 is 5.82 Å². The monoisotopic (exact) mass is 365 g/mol. The van der Waals surface area contributed by atoms with E-state index in [0.717, 1.165) is 16.3 Å². The zero-order valence-electron chi connectivity index (χ0n) is 13.0. The van der Waals surface area contributed by atoms with Crippen LogP contribution in [0, 0.1) is 5.82 Å². The number of anilines is 1. The molecule has 0 aromatic heterocycles. The van der Waals surface area contributed by atoms with Crippen molar-refractivity contribution in [1.82, 2.24) is 0 Å². The molecule has 5 heteroatoms. The molecule has 25 heavy (non-hydrogen) atoms. The lowest BCUT2D eigenvalue weighted by Crippen LogP contribution is -2.27. The molecule has 1 saturated heterocycles. The van der Waals surface area contributed by atoms with E-state index in [-0.39, 0.29) is 5.91 Å². The van der Waals surface area contributed by atoms with Crippen LogP contribution in [-0.4, -0.2) is 10.2 Å². The van der Waals surface area contributed by atoms with Gasteiger partial charge in [0.05, 0.1) is 10.6 Å². The van der Waals surface area contributed by atoms with Crippen molar-refractivity contribution >= 4 is 56.7 Å². The van der Waals surface area contributed by atoms with Crippen molar-refractivity contribution in [2.75, 3.05) is 4.90 Å². The van der Waals surface area contributed by atoms with Crippen LogP contribution in [0.5, 0.6) is 0 Å². The van der Waals surface area contributed by atoms with Crippen LogP contribution in [0.25, 0.3) is 16.8 Å². The minimum absolute atomic E-state index is 0.228. The standard InChI is InChI=1S/C20H12FNOS2/c21-15-8-4-9-16(12-15)22-19(23)18(25-20(22)24)11-14-7-3-6-13-5-1-2-10-17(13)14/h1-12H. The van der Waals surface area contributed by atoms with Gasteiger partial charge in [-0.25, -0.2) is 4.39 Å². The molecule has 0 unspecified atom stereocenters. The van der Waals surface area contributed by atoms with Gasteiger partial charge in [-0.2, -0.15) is 0 Å². The fourth-order valence-electron chi connectivity index (χ4n) is 2.82. The molecule has 3 aromatic carbocycles. The summed E-state index contributed by atoms with van der Waals surface area (Å²) >= 11 is 6.57. The molecule has 0 spiro atoms. The number of amides is 1. The van der Waals surface area contributed by atoms with Gasteiger partial charge >= 0.3 is 0 Å². The average Bonchev–Trinajstić information content (AvgIpc) is 2.89. The summed E-state index contributed by atoms with van der Waals surface area (Å²) in [7, 11) is 0. The predicted octanol–water partition coefficient (Wildman–Crippen LogP) is 5.38. The van der Waals surface area contributed by atoms with Crippen LogP contribution in [0.4, 0.5) is 10.1 Å². The smallest absolute Gasteiger partial charge is 0.268 e. The first-order valence-corrected chi connectivity index (χ1v) is 8.87. The van der Waals surface area contributed by atoms with E-state index in [1.807, 2.05) is 48.5 Å². The number of hydrogen-bond acceptors (Lipinski definition) is 3. The highest BCUT2D eigenvalue weighted by Crippen LogP contribution is 2.36.